The molecule has 2 aromatic heterocycles. The molecule has 206 valence electrons. The molecule has 6 heteroatoms. The van der Waals surface area contributed by atoms with Crippen LogP contribution in [0.5, 0.6) is 11.5 Å². The van der Waals surface area contributed by atoms with Crippen LogP contribution in [0.1, 0.15) is 51.4 Å². The van der Waals surface area contributed by atoms with E-state index in [2.05, 4.69) is 97.9 Å². The van der Waals surface area contributed by atoms with Gasteiger partial charge in [0, 0.05) is 29.0 Å². The third-order valence-corrected chi connectivity index (χ3v) is 8.45. The zero-order chi connectivity index (χ0) is 28.7. The van der Waals surface area contributed by atoms with Crippen LogP contribution in [-0.4, -0.2) is 14.7 Å². The molecule has 2 atom stereocenters. The van der Waals surface area contributed by atoms with Gasteiger partial charge in [0.15, 0.2) is 5.11 Å². The molecule has 0 saturated carbocycles. The van der Waals surface area contributed by atoms with Gasteiger partial charge >= 0.3 is 0 Å². The van der Waals surface area contributed by atoms with Crippen molar-refractivity contribution in [1.82, 2.24) is 14.9 Å². The van der Waals surface area contributed by atoms with E-state index in [1.165, 1.54) is 33.8 Å². The van der Waals surface area contributed by atoms with Gasteiger partial charge in [0.05, 0.1) is 17.8 Å². The topological polar surface area (TPSA) is 42.3 Å². The minimum absolute atomic E-state index is 0.0920. The van der Waals surface area contributed by atoms with Crippen LogP contribution >= 0.6 is 12.2 Å². The Balaban J connectivity index is 1.43. The van der Waals surface area contributed by atoms with Gasteiger partial charge in [0.2, 0.25) is 0 Å². The first kappa shape index (κ1) is 26.8. The fourth-order valence-corrected chi connectivity index (χ4v) is 6.20. The van der Waals surface area contributed by atoms with E-state index < -0.39 is 0 Å². The van der Waals surface area contributed by atoms with Crippen LogP contribution in [0.2, 0.25) is 0 Å². The average Bonchev–Trinajstić information content (AvgIpc) is 3.47. The number of nitrogens with one attached hydrogen (secondary N) is 1. The standard InChI is InChI=1S/C35H34N4OS/c1-22-12-10-14-31(25(22)4)38-24(3)21-29(26(38)5)34-33(30-13-8-9-20-36-30)37-35(41)39(34)27-16-18-28(19-17-27)40-32-15-7-6-11-23(32)2/h6-21,33-34H,1-5H3,(H,37,41)/t33-,34+/m0/s1. The molecule has 0 bridgehead atoms. The molecule has 0 radical (unpaired) electrons. The number of nitrogens with zero attached hydrogens (tertiary/aromatic N) is 3. The Bertz CT molecular complexity index is 1730. The van der Waals surface area contributed by atoms with Gasteiger partial charge in [-0.05, 0) is 124 Å². The Morgan fingerprint density at radius 2 is 1.54 bits per heavy atom. The lowest BCUT2D eigenvalue weighted by molar-refractivity contribution is 0.479. The van der Waals surface area contributed by atoms with Gasteiger partial charge < -0.3 is 19.5 Å². The van der Waals surface area contributed by atoms with Crippen LogP contribution in [0, 0.1) is 34.6 Å². The predicted octanol–water partition coefficient (Wildman–Crippen LogP) is 8.38. The molecule has 0 spiro atoms. The van der Waals surface area contributed by atoms with Crippen LogP contribution in [0.3, 0.4) is 0 Å². The second kappa shape index (κ2) is 10.9. The van der Waals surface area contributed by atoms with Crippen molar-refractivity contribution in [3.8, 4) is 17.2 Å². The summed E-state index contributed by atoms with van der Waals surface area (Å²) in [5.41, 5.74) is 10.4. The van der Waals surface area contributed by atoms with Gasteiger partial charge in [0.1, 0.15) is 11.5 Å². The van der Waals surface area contributed by atoms with Gasteiger partial charge in [-0.3, -0.25) is 4.98 Å². The van der Waals surface area contributed by atoms with Gasteiger partial charge in [-0.1, -0.05) is 36.4 Å². The monoisotopic (exact) mass is 558 g/mol. The zero-order valence-corrected chi connectivity index (χ0v) is 24.9. The molecule has 6 rings (SSSR count). The summed E-state index contributed by atoms with van der Waals surface area (Å²) in [6, 6.07) is 30.9. The highest BCUT2D eigenvalue weighted by molar-refractivity contribution is 7.80. The van der Waals surface area contributed by atoms with Crippen molar-refractivity contribution in [3.63, 3.8) is 0 Å². The number of hydrogen-bond donors (Lipinski definition) is 1. The predicted molar refractivity (Wildman–Crippen MR) is 170 cm³/mol. The van der Waals surface area contributed by atoms with Crippen LogP contribution in [0.25, 0.3) is 5.69 Å². The third kappa shape index (κ3) is 4.89. The molecule has 1 aliphatic heterocycles. The molecule has 5 aromatic rings. The third-order valence-electron chi connectivity index (χ3n) is 8.14. The van der Waals surface area contributed by atoms with Crippen molar-refractivity contribution < 1.29 is 4.74 Å². The summed E-state index contributed by atoms with van der Waals surface area (Å²) in [6.07, 6.45) is 1.84. The van der Waals surface area contributed by atoms with Crippen molar-refractivity contribution in [1.29, 1.82) is 0 Å². The van der Waals surface area contributed by atoms with Crippen molar-refractivity contribution in [2.75, 3.05) is 4.90 Å². The Morgan fingerprint density at radius 3 is 2.27 bits per heavy atom. The second-order valence-corrected chi connectivity index (χ2v) is 11.1. The number of pyridine rings is 1. The maximum Gasteiger partial charge on any atom is 0.174 e. The number of aromatic nitrogens is 2. The molecule has 1 saturated heterocycles. The molecule has 0 amide bonds. The van der Waals surface area contributed by atoms with Crippen molar-refractivity contribution >= 4 is 23.0 Å². The molecule has 1 aliphatic rings. The SMILES string of the molecule is Cc1ccccc1Oc1ccc(N2C(=S)N[C@@H](c3ccccn3)[C@H]2c2cc(C)n(-c3cccc(C)c3C)c2C)cc1. The number of benzene rings is 3. The molecule has 3 heterocycles. The van der Waals surface area contributed by atoms with E-state index >= 15 is 0 Å². The van der Waals surface area contributed by atoms with Gasteiger partial charge in [-0.2, -0.15) is 0 Å². The van der Waals surface area contributed by atoms with Gasteiger partial charge in [-0.25, -0.2) is 0 Å². The van der Waals surface area contributed by atoms with E-state index in [0.29, 0.717) is 5.11 Å². The maximum atomic E-state index is 6.18. The van der Waals surface area contributed by atoms with Crippen molar-refractivity contribution in [3.05, 3.63) is 137 Å². The first-order chi connectivity index (χ1) is 19.8. The Labute approximate surface area is 247 Å². The second-order valence-electron chi connectivity index (χ2n) is 10.7. The minimum atomic E-state index is -0.112. The van der Waals surface area contributed by atoms with E-state index in [9.17, 15) is 0 Å². The summed E-state index contributed by atoms with van der Waals surface area (Å²) in [5.74, 6) is 1.64. The number of rotatable bonds is 6. The first-order valence-electron chi connectivity index (χ1n) is 13.9. The van der Waals surface area contributed by atoms with E-state index in [1.54, 1.807) is 0 Å². The summed E-state index contributed by atoms with van der Waals surface area (Å²) in [4.78, 5) is 6.96. The maximum absolute atomic E-state index is 6.18. The highest BCUT2D eigenvalue weighted by Gasteiger charge is 2.42. The molecular weight excluding hydrogens is 524 g/mol. The molecule has 0 aliphatic carbocycles. The Morgan fingerprint density at radius 1 is 0.805 bits per heavy atom. The van der Waals surface area contributed by atoms with Crippen LogP contribution in [-0.2, 0) is 0 Å². The van der Waals surface area contributed by atoms with E-state index in [-0.39, 0.29) is 12.1 Å². The molecule has 1 N–H and O–H groups in total. The molecule has 41 heavy (non-hydrogen) atoms. The van der Waals surface area contributed by atoms with Crippen molar-refractivity contribution in [2.24, 2.45) is 0 Å². The highest BCUT2D eigenvalue weighted by atomic mass is 32.1. The van der Waals surface area contributed by atoms with E-state index in [1.807, 2.05) is 48.7 Å². The van der Waals surface area contributed by atoms with Crippen LogP contribution < -0.4 is 15.0 Å². The smallest absolute Gasteiger partial charge is 0.174 e. The summed E-state index contributed by atoms with van der Waals surface area (Å²) in [7, 11) is 0. The number of thiocarbonyl (C=S) groups is 1. The lowest BCUT2D eigenvalue weighted by atomic mass is 9.96. The molecule has 1 fully saturated rings. The molecule has 5 nitrogen and oxygen atoms in total. The summed E-state index contributed by atoms with van der Waals surface area (Å²) in [5, 5.41) is 4.28. The van der Waals surface area contributed by atoms with E-state index in [4.69, 9.17) is 21.9 Å². The number of hydrogen-bond acceptors (Lipinski definition) is 3. The number of anilines is 1. The number of para-hydroxylation sites is 1. The Hall–Kier alpha value is -4.42. The summed E-state index contributed by atoms with van der Waals surface area (Å²) < 4.78 is 8.55. The fourth-order valence-electron chi connectivity index (χ4n) is 5.86. The lowest BCUT2D eigenvalue weighted by Gasteiger charge is -2.28. The first-order valence-corrected chi connectivity index (χ1v) is 14.3. The largest absolute Gasteiger partial charge is 0.457 e. The summed E-state index contributed by atoms with van der Waals surface area (Å²) >= 11 is 5.99. The molecule has 0 unspecified atom stereocenters. The van der Waals surface area contributed by atoms with Gasteiger partial charge in [-0.15, -0.1) is 0 Å². The minimum Gasteiger partial charge on any atom is -0.457 e. The summed E-state index contributed by atoms with van der Waals surface area (Å²) in [6.45, 7) is 10.8. The normalized spacial score (nSPS) is 16.6. The fraction of sp³-hybridized carbons (Fsp3) is 0.200. The number of aryl methyl sites for hydroxylation is 3. The lowest BCUT2D eigenvalue weighted by Crippen LogP contribution is -2.29. The zero-order valence-electron chi connectivity index (χ0n) is 24.1. The highest BCUT2D eigenvalue weighted by Crippen LogP contribution is 2.44. The van der Waals surface area contributed by atoms with Crippen LogP contribution in [0.4, 0.5) is 5.69 Å². The quantitative estimate of drug-likeness (QED) is 0.212. The Kier molecular flexibility index (Phi) is 7.10. The molecule has 3 aromatic carbocycles. The number of ether oxygens (including phenoxy) is 1. The van der Waals surface area contributed by atoms with Crippen molar-refractivity contribution in [2.45, 2.75) is 46.7 Å². The van der Waals surface area contributed by atoms with Gasteiger partial charge in [0.25, 0.3) is 0 Å². The molecular formula is C35H34N4OS. The van der Waals surface area contributed by atoms with Crippen LogP contribution in [0.15, 0.2) is 97.2 Å². The van der Waals surface area contributed by atoms with E-state index in [0.717, 1.165) is 28.4 Å². The average molecular weight is 559 g/mol.